The number of aromatic nitrogens is 2. The van der Waals surface area contributed by atoms with E-state index in [0.29, 0.717) is 30.9 Å². The number of rotatable bonds is 3. The van der Waals surface area contributed by atoms with E-state index in [0.717, 1.165) is 0 Å². The first kappa shape index (κ1) is 15.7. The summed E-state index contributed by atoms with van der Waals surface area (Å²) >= 11 is 11.0. The van der Waals surface area contributed by atoms with Crippen molar-refractivity contribution in [1.29, 1.82) is 0 Å². The van der Waals surface area contributed by atoms with Crippen LogP contribution in [-0.2, 0) is 17.1 Å². The molecule has 1 aliphatic rings. The van der Waals surface area contributed by atoms with Gasteiger partial charge >= 0.3 is 0 Å². The molecule has 112 valence electrons. The zero-order valence-corrected chi connectivity index (χ0v) is 13.7. The van der Waals surface area contributed by atoms with Crippen molar-refractivity contribution in [3.8, 4) is 0 Å². The van der Waals surface area contributed by atoms with E-state index in [9.17, 15) is 8.42 Å². The predicted molar refractivity (Wildman–Crippen MR) is 81.1 cm³/mol. The lowest BCUT2D eigenvalue weighted by Crippen LogP contribution is -2.46. The molecule has 9 heteroatoms. The summed E-state index contributed by atoms with van der Waals surface area (Å²) in [6, 6.07) is 0. The quantitative estimate of drug-likeness (QED) is 0.837. The molecule has 0 aliphatic carbocycles. The highest BCUT2D eigenvalue weighted by molar-refractivity contribution is 7.89. The molecule has 1 aliphatic heterocycles. The van der Waals surface area contributed by atoms with Crippen LogP contribution in [0.3, 0.4) is 0 Å². The molecule has 20 heavy (non-hydrogen) atoms. The van der Waals surface area contributed by atoms with Crippen LogP contribution in [0, 0.1) is 5.41 Å². The van der Waals surface area contributed by atoms with E-state index in [2.05, 4.69) is 5.10 Å². The van der Waals surface area contributed by atoms with Crippen LogP contribution >= 0.6 is 23.8 Å². The Morgan fingerprint density at radius 2 is 2.05 bits per heavy atom. The second-order valence-corrected chi connectivity index (χ2v) is 7.95. The zero-order valence-electron chi connectivity index (χ0n) is 11.3. The predicted octanol–water partition coefficient (Wildman–Crippen LogP) is 1.15. The van der Waals surface area contributed by atoms with Crippen molar-refractivity contribution < 1.29 is 8.42 Å². The molecule has 0 spiro atoms. The fraction of sp³-hybridized carbons (Fsp3) is 0.636. The molecule has 0 aromatic carbocycles. The number of halogens is 1. The Hall–Kier alpha value is -0.700. The van der Waals surface area contributed by atoms with E-state index in [1.165, 1.54) is 15.2 Å². The molecule has 0 bridgehead atoms. The number of hydrogen-bond donors (Lipinski definition) is 1. The lowest BCUT2D eigenvalue weighted by atomic mass is 9.81. The Kier molecular flexibility index (Phi) is 4.12. The van der Waals surface area contributed by atoms with Gasteiger partial charge in [0.05, 0.1) is 16.2 Å². The first-order chi connectivity index (χ1) is 9.18. The Labute approximate surface area is 128 Å². The number of thiocarbonyl (C=S) groups is 1. The topological polar surface area (TPSA) is 81.2 Å². The second kappa shape index (κ2) is 5.25. The van der Waals surface area contributed by atoms with Crippen LogP contribution in [-0.4, -0.2) is 40.6 Å². The average Bonchev–Trinajstić information content (AvgIpc) is 2.70. The number of hydrogen-bond acceptors (Lipinski definition) is 4. The maximum Gasteiger partial charge on any atom is 0.261 e. The summed E-state index contributed by atoms with van der Waals surface area (Å²) in [5.41, 5.74) is 5.45. The molecule has 0 unspecified atom stereocenters. The summed E-state index contributed by atoms with van der Waals surface area (Å²) in [4.78, 5) is 0.438. The molecular formula is C11H17ClN4O2S2. The molecule has 0 saturated carbocycles. The van der Waals surface area contributed by atoms with Crippen LogP contribution in [0.2, 0.25) is 5.02 Å². The van der Waals surface area contributed by atoms with Crippen LogP contribution in [0.4, 0.5) is 0 Å². The number of sulfonamides is 1. The summed E-state index contributed by atoms with van der Waals surface area (Å²) in [6.07, 6.45) is 2.55. The van der Waals surface area contributed by atoms with Crippen molar-refractivity contribution in [2.24, 2.45) is 18.2 Å². The van der Waals surface area contributed by atoms with Gasteiger partial charge in [-0.1, -0.05) is 30.7 Å². The smallest absolute Gasteiger partial charge is 0.261 e. The van der Waals surface area contributed by atoms with E-state index < -0.39 is 10.0 Å². The summed E-state index contributed by atoms with van der Waals surface area (Å²) < 4.78 is 27.9. The van der Waals surface area contributed by atoms with Crippen molar-refractivity contribution in [3.05, 3.63) is 11.2 Å². The van der Waals surface area contributed by atoms with Gasteiger partial charge in [-0.25, -0.2) is 8.42 Å². The minimum Gasteiger partial charge on any atom is -0.393 e. The van der Waals surface area contributed by atoms with Crippen LogP contribution in [0.5, 0.6) is 0 Å². The summed E-state index contributed by atoms with van der Waals surface area (Å²) in [5.74, 6) is 0. The molecule has 2 rings (SSSR count). The van der Waals surface area contributed by atoms with Gasteiger partial charge in [0.15, 0.2) is 5.03 Å². The fourth-order valence-electron chi connectivity index (χ4n) is 2.28. The highest BCUT2D eigenvalue weighted by Crippen LogP contribution is 2.34. The Morgan fingerprint density at radius 3 is 2.45 bits per heavy atom. The van der Waals surface area contributed by atoms with E-state index >= 15 is 0 Å². The molecule has 6 nitrogen and oxygen atoms in total. The molecule has 1 aromatic rings. The number of aryl methyl sites for hydroxylation is 1. The third-order valence-electron chi connectivity index (χ3n) is 3.85. The van der Waals surface area contributed by atoms with Gasteiger partial charge in [0, 0.05) is 25.6 Å². The first-order valence-electron chi connectivity index (χ1n) is 6.16. The van der Waals surface area contributed by atoms with Gasteiger partial charge in [-0.2, -0.15) is 9.40 Å². The molecule has 1 aromatic heterocycles. The van der Waals surface area contributed by atoms with E-state index in [1.54, 1.807) is 7.05 Å². The minimum absolute atomic E-state index is 0.0260. The van der Waals surface area contributed by atoms with Gasteiger partial charge in [0.2, 0.25) is 0 Å². The maximum atomic E-state index is 12.6. The maximum absolute atomic E-state index is 12.6. The third kappa shape index (κ3) is 2.57. The molecule has 2 heterocycles. The van der Waals surface area contributed by atoms with Crippen molar-refractivity contribution in [1.82, 2.24) is 14.1 Å². The molecule has 2 N–H and O–H groups in total. The number of piperidine rings is 1. The number of nitrogens with zero attached hydrogens (tertiary/aromatic N) is 3. The Bertz CT molecular complexity index is 613. The number of nitrogens with two attached hydrogens (primary N) is 1. The standard InChI is InChI=1S/C11H17ClN4O2S2/c1-11(10(13)19)3-5-16(6-4-11)20(17,18)9-8(12)7-14-15(9)2/h7H,3-6H2,1-2H3,(H2,13,19). The zero-order chi connectivity index (χ0) is 15.1. The fourth-order valence-corrected chi connectivity index (χ4v) is 4.53. The first-order valence-corrected chi connectivity index (χ1v) is 8.39. The van der Waals surface area contributed by atoms with Crippen LogP contribution in [0.1, 0.15) is 19.8 Å². The van der Waals surface area contributed by atoms with Gasteiger partial charge in [0.25, 0.3) is 10.0 Å². The molecule has 0 atom stereocenters. The van der Waals surface area contributed by atoms with Crippen molar-refractivity contribution >= 4 is 38.8 Å². The van der Waals surface area contributed by atoms with Crippen LogP contribution in [0.25, 0.3) is 0 Å². The normalized spacial score (nSPS) is 19.9. The largest absolute Gasteiger partial charge is 0.393 e. The van der Waals surface area contributed by atoms with Crippen molar-refractivity contribution in [2.45, 2.75) is 24.8 Å². The van der Waals surface area contributed by atoms with E-state index in [-0.39, 0.29) is 15.5 Å². The minimum atomic E-state index is -3.64. The van der Waals surface area contributed by atoms with E-state index in [4.69, 9.17) is 29.6 Å². The molecule has 0 amide bonds. The molecule has 1 saturated heterocycles. The van der Waals surface area contributed by atoms with Gasteiger partial charge in [-0.3, -0.25) is 4.68 Å². The third-order valence-corrected chi connectivity index (χ3v) is 6.75. The molecule has 0 radical (unpaired) electrons. The summed E-state index contributed by atoms with van der Waals surface area (Å²) in [5, 5.41) is 4.03. The Morgan fingerprint density at radius 1 is 1.50 bits per heavy atom. The van der Waals surface area contributed by atoms with Crippen LogP contribution < -0.4 is 5.73 Å². The lowest BCUT2D eigenvalue weighted by molar-refractivity contribution is 0.243. The van der Waals surface area contributed by atoms with Gasteiger partial charge < -0.3 is 5.73 Å². The SMILES string of the molecule is Cn1ncc(Cl)c1S(=O)(=O)N1CCC(C)(C(N)=S)CC1. The van der Waals surface area contributed by atoms with Gasteiger partial charge in [-0.15, -0.1) is 0 Å². The molecular weight excluding hydrogens is 320 g/mol. The van der Waals surface area contributed by atoms with Crippen LogP contribution in [0.15, 0.2) is 11.2 Å². The van der Waals surface area contributed by atoms with Gasteiger partial charge in [0.1, 0.15) is 0 Å². The second-order valence-electron chi connectivity index (χ2n) is 5.25. The van der Waals surface area contributed by atoms with E-state index in [1.807, 2.05) is 6.92 Å². The monoisotopic (exact) mass is 336 g/mol. The average molecular weight is 337 g/mol. The lowest BCUT2D eigenvalue weighted by Gasteiger charge is -2.37. The van der Waals surface area contributed by atoms with Gasteiger partial charge in [-0.05, 0) is 12.8 Å². The summed E-state index contributed by atoms with van der Waals surface area (Å²) in [7, 11) is -2.08. The highest BCUT2D eigenvalue weighted by Gasteiger charge is 2.38. The highest BCUT2D eigenvalue weighted by atomic mass is 35.5. The van der Waals surface area contributed by atoms with Crippen molar-refractivity contribution in [2.75, 3.05) is 13.1 Å². The Balaban J connectivity index is 2.25. The van der Waals surface area contributed by atoms with Crippen molar-refractivity contribution in [3.63, 3.8) is 0 Å². The molecule has 1 fully saturated rings. The summed E-state index contributed by atoms with van der Waals surface area (Å²) in [6.45, 7) is 2.71.